The van der Waals surface area contributed by atoms with Crippen molar-refractivity contribution in [3.05, 3.63) is 36.0 Å². The monoisotopic (exact) mass is 696 g/mol. The molecule has 0 aromatic carbocycles. The maximum atomic E-state index is 13.1. The predicted octanol–water partition coefficient (Wildman–Crippen LogP) is 5.95. The summed E-state index contributed by atoms with van der Waals surface area (Å²) in [4.78, 5) is 25.3. The highest BCUT2D eigenvalue weighted by Gasteiger charge is 2.48. The predicted molar refractivity (Wildman–Crippen MR) is 186 cm³/mol. The van der Waals surface area contributed by atoms with Crippen LogP contribution in [0.15, 0.2) is 36.0 Å². The summed E-state index contributed by atoms with van der Waals surface area (Å²) in [7, 11) is 0. The molecule has 49 heavy (non-hydrogen) atoms. The lowest BCUT2D eigenvalue weighted by molar-refractivity contribution is -0.227. The van der Waals surface area contributed by atoms with Crippen LogP contribution in [0, 0.1) is 11.8 Å². The van der Waals surface area contributed by atoms with Crippen LogP contribution in [-0.4, -0.2) is 95.8 Å². The number of ether oxygens (including phenoxy) is 7. The van der Waals surface area contributed by atoms with Crippen molar-refractivity contribution in [3.8, 4) is 0 Å². The molecule has 11 heteroatoms. The van der Waals surface area contributed by atoms with Gasteiger partial charge in [-0.05, 0) is 79.4 Å². The van der Waals surface area contributed by atoms with Crippen LogP contribution in [0.2, 0.25) is 0 Å². The molecule has 2 heterocycles. The van der Waals surface area contributed by atoms with E-state index in [0.717, 1.165) is 5.57 Å². The molecule has 0 saturated carbocycles. The lowest BCUT2D eigenvalue weighted by atomic mass is 9.88. The Labute approximate surface area is 294 Å². The number of allylic oxidation sites excluding steroid dienone is 2. The minimum Gasteiger partial charge on any atom is -0.457 e. The molecule has 282 valence electrons. The molecule has 0 bridgehead atoms. The highest BCUT2D eigenvalue weighted by Crippen LogP contribution is 2.39. The largest absolute Gasteiger partial charge is 0.457 e. The van der Waals surface area contributed by atoms with Gasteiger partial charge in [0.25, 0.3) is 0 Å². The molecular weight excluding hydrogens is 632 g/mol. The van der Waals surface area contributed by atoms with Crippen LogP contribution < -0.4 is 0 Å². The molecule has 2 N–H and O–H groups in total. The Morgan fingerprint density at radius 3 is 2.39 bits per heavy atom. The zero-order valence-electron chi connectivity index (χ0n) is 31.7. The van der Waals surface area contributed by atoms with Crippen LogP contribution >= 0.6 is 0 Å². The lowest BCUT2D eigenvalue weighted by Gasteiger charge is -2.38. The summed E-state index contributed by atoms with van der Waals surface area (Å²) in [6.45, 7) is 21.2. The van der Waals surface area contributed by atoms with E-state index in [0.29, 0.717) is 32.5 Å². The average Bonchev–Trinajstić information content (AvgIpc) is 3.77. The molecule has 0 aliphatic carbocycles. The van der Waals surface area contributed by atoms with E-state index in [1.54, 1.807) is 13.0 Å². The maximum absolute atomic E-state index is 13.1. The molecule has 0 amide bonds. The fourth-order valence-corrected chi connectivity index (χ4v) is 6.47. The first-order valence-electron chi connectivity index (χ1n) is 18.0. The van der Waals surface area contributed by atoms with Gasteiger partial charge in [-0.3, -0.25) is 9.59 Å². The summed E-state index contributed by atoms with van der Waals surface area (Å²) in [6, 6.07) is 0. The molecule has 0 radical (unpaired) electrons. The van der Waals surface area contributed by atoms with Gasteiger partial charge in [0.2, 0.25) is 0 Å². The van der Waals surface area contributed by atoms with Crippen LogP contribution in [0.25, 0.3) is 0 Å². The Morgan fingerprint density at radius 1 is 1.12 bits per heavy atom. The van der Waals surface area contributed by atoms with Gasteiger partial charge in [-0.25, -0.2) is 0 Å². The van der Waals surface area contributed by atoms with Crippen molar-refractivity contribution in [3.63, 3.8) is 0 Å². The third-order valence-corrected chi connectivity index (χ3v) is 9.30. The molecular formula is C38H64O11. The second-order valence-electron chi connectivity index (χ2n) is 13.9. The van der Waals surface area contributed by atoms with Crippen LogP contribution in [-0.2, 0) is 42.7 Å². The lowest BCUT2D eigenvalue weighted by Crippen LogP contribution is -2.47. The first-order valence-corrected chi connectivity index (χ1v) is 18.0. The van der Waals surface area contributed by atoms with E-state index in [9.17, 15) is 19.8 Å². The second-order valence-corrected chi connectivity index (χ2v) is 13.9. The first-order chi connectivity index (χ1) is 23.0. The number of rotatable bonds is 17. The van der Waals surface area contributed by atoms with Crippen molar-refractivity contribution in [1.29, 1.82) is 0 Å². The van der Waals surface area contributed by atoms with Gasteiger partial charge >= 0.3 is 11.9 Å². The van der Waals surface area contributed by atoms with E-state index in [2.05, 4.69) is 0 Å². The molecule has 11 nitrogen and oxygen atoms in total. The number of hydrogen-bond acceptors (Lipinski definition) is 11. The SMILES string of the molecule is CCOC(C)OC(C)(C=CC=C(C)C1OC(=O)CC(O)CCC(C)(OC(C)OCC)C(OC(C)=O)C=CC1C)CC1OC1C(C)C(O)CC. The average molecular weight is 697 g/mol. The van der Waals surface area contributed by atoms with E-state index in [1.807, 2.05) is 86.6 Å². The third-order valence-electron chi connectivity index (χ3n) is 9.30. The minimum absolute atomic E-state index is 0.0106. The van der Waals surface area contributed by atoms with Crippen LogP contribution in [0.4, 0.5) is 0 Å². The van der Waals surface area contributed by atoms with Gasteiger partial charge in [-0.2, -0.15) is 0 Å². The van der Waals surface area contributed by atoms with Crippen molar-refractivity contribution < 1.29 is 53.0 Å². The topological polar surface area (TPSA) is 143 Å². The van der Waals surface area contributed by atoms with Gasteiger partial charge < -0.3 is 43.4 Å². The number of carbonyl (C=O) groups excluding carboxylic acids is 2. The normalized spacial score (nSPS) is 32.3. The van der Waals surface area contributed by atoms with E-state index < -0.39 is 60.1 Å². The summed E-state index contributed by atoms with van der Waals surface area (Å²) >= 11 is 0. The quantitative estimate of drug-likeness (QED) is 0.0613. The van der Waals surface area contributed by atoms with Crippen molar-refractivity contribution in [2.75, 3.05) is 13.2 Å². The molecule has 2 aliphatic heterocycles. The molecule has 12 unspecified atom stereocenters. The summed E-state index contributed by atoms with van der Waals surface area (Å²) < 4.78 is 41.6. The molecule has 1 fully saturated rings. The molecule has 2 aliphatic rings. The van der Waals surface area contributed by atoms with E-state index in [1.165, 1.54) is 6.92 Å². The maximum Gasteiger partial charge on any atom is 0.309 e. The smallest absolute Gasteiger partial charge is 0.309 e. The number of aliphatic hydroxyl groups is 2. The Bertz CT molecular complexity index is 1120. The zero-order valence-corrected chi connectivity index (χ0v) is 31.7. The molecule has 0 aromatic rings. The molecule has 0 spiro atoms. The van der Waals surface area contributed by atoms with Crippen molar-refractivity contribution in [2.24, 2.45) is 11.8 Å². The Kier molecular flexibility index (Phi) is 17.6. The first kappa shape index (κ1) is 43.0. The molecule has 1 saturated heterocycles. The molecule has 12 atom stereocenters. The third kappa shape index (κ3) is 14.2. The van der Waals surface area contributed by atoms with Crippen LogP contribution in [0.1, 0.15) is 108 Å². The van der Waals surface area contributed by atoms with Gasteiger partial charge in [-0.1, -0.05) is 45.1 Å². The highest BCUT2D eigenvalue weighted by atomic mass is 16.7. The standard InChI is InChI=1S/C38H64O11/c1-12-31(41)26(6)36-32(46-36)23-37(10,48-28(8)43-13-2)20-15-16-24(4)35-25(5)17-18-33(45-27(7)39)38(11,49-29(9)44-14-3)21-19-30(40)22-34(42)47-35/h15-18,20,25-26,28-33,35-36,40-41H,12-14,19,21-23H2,1-11H3. The van der Waals surface area contributed by atoms with Gasteiger partial charge in [0, 0.05) is 38.4 Å². The van der Waals surface area contributed by atoms with E-state index >= 15 is 0 Å². The van der Waals surface area contributed by atoms with E-state index in [-0.39, 0.29) is 36.9 Å². The number of aliphatic hydroxyl groups excluding tert-OH is 2. The van der Waals surface area contributed by atoms with Crippen LogP contribution in [0.5, 0.6) is 0 Å². The summed E-state index contributed by atoms with van der Waals surface area (Å²) in [5.74, 6) is -1.31. The fraction of sp³-hybridized carbons (Fsp3) is 0.789. The van der Waals surface area contributed by atoms with Gasteiger partial charge in [0.05, 0.1) is 36.4 Å². The van der Waals surface area contributed by atoms with E-state index in [4.69, 9.17) is 33.2 Å². The van der Waals surface area contributed by atoms with Gasteiger partial charge in [0.1, 0.15) is 17.8 Å². The summed E-state index contributed by atoms with van der Waals surface area (Å²) in [5, 5.41) is 21.2. The summed E-state index contributed by atoms with van der Waals surface area (Å²) in [5.41, 5.74) is -1.02. The Morgan fingerprint density at radius 2 is 1.78 bits per heavy atom. The minimum atomic E-state index is -1.04. The molecule has 2 rings (SSSR count). The van der Waals surface area contributed by atoms with Gasteiger partial charge in [-0.15, -0.1) is 0 Å². The van der Waals surface area contributed by atoms with Crippen molar-refractivity contribution >= 4 is 11.9 Å². The van der Waals surface area contributed by atoms with Crippen molar-refractivity contribution in [1.82, 2.24) is 0 Å². The Hall–Kier alpha value is -2.12. The number of hydrogen-bond donors (Lipinski definition) is 2. The van der Waals surface area contributed by atoms with Crippen molar-refractivity contribution in [2.45, 2.75) is 169 Å². The molecule has 0 aromatic heterocycles. The number of carbonyl (C=O) groups is 2. The van der Waals surface area contributed by atoms with Crippen LogP contribution in [0.3, 0.4) is 0 Å². The second kappa shape index (κ2) is 20.1. The Balaban J connectivity index is 2.39. The number of esters is 2. The summed E-state index contributed by atoms with van der Waals surface area (Å²) in [6.07, 6.45) is 6.86. The zero-order chi connectivity index (χ0) is 36.9. The number of epoxide rings is 1. The highest BCUT2D eigenvalue weighted by molar-refractivity contribution is 5.70. The number of cyclic esters (lactones) is 1. The fourth-order valence-electron chi connectivity index (χ4n) is 6.47. The van der Waals surface area contributed by atoms with Gasteiger partial charge in [0.15, 0.2) is 12.6 Å².